The lowest BCUT2D eigenvalue weighted by molar-refractivity contribution is 0.0951. The number of nitrogens with zero attached hydrogens (tertiary/aromatic N) is 1. The number of aryl methyl sites for hydroxylation is 3. The number of carbonyl (C=O) groups excluding carboxylic acids is 1. The minimum absolute atomic E-state index is 0.149. The molecule has 3 aromatic carbocycles. The van der Waals surface area contributed by atoms with Crippen molar-refractivity contribution < 1.29 is 13.2 Å². The Kier molecular flexibility index (Phi) is 7.92. The molecule has 0 unspecified atom stereocenters. The third kappa shape index (κ3) is 6.45. The Bertz CT molecular complexity index is 1220. The number of hydrogen-bond donors (Lipinski definition) is 1. The van der Waals surface area contributed by atoms with Crippen LogP contribution in [-0.2, 0) is 36.0 Å². The summed E-state index contributed by atoms with van der Waals surface area (Å²) in [7, 11) is -3.46. The molecule has 0 radical (unpaired) electrons. The van der Waals surface area contributed by atoms with Gasteiger partial charge in [0.25, 0.3) is 5.91 Å². The van der Waals surface area contributed by atoms with Crippen LogP contribution in [0.4, 0.5) is 5.69 Å². The summed E-state index contributed by atoms with van der Waals surface area (Å²) in [5.41, 5.74) is 6.60. The third-order valence-electron chi connectivity index (χ3n) is 5.73. The maximum absolute atomic E-state index is 12.7. The number of amides is 1. The molecule has 0 aliphatic heterocycles. The van der Waals surface area contributed by atoms with E-state index in [1.54, 1.807) is 30.3 Å². The van der Waals surface area contributed by atoms with Crippen molar-refractivity contribution in [2.45, 2.75) is 46.7 Å². The van der Waals surface area contributed by atoms with E-state index in [-0.39, 0.29) is 12.5 Å². The van der Waals surface area contributed by atoms with Crippen molar-refractivity contribution in [2.24, 2.45) is 0 Å². The van der Waals surface area contributed by atoms with Crippen molar-refractivity contribution in [3.63, 3.8) is 0 Å². The van der Waals surface area contributed by atoms with Crippen molar-refractivity contribution in [2.75, 3.05) is 10.6 Å². The Morgan fingerprint density at radius 3 is 2.18 bits per heavy atom. The van der Waals surface area contributed by atoms with Crippen molar-refractivity contribution in [3.05, 3.63) is 100 Å². The van der Waals surface area contributed by atoms with Gasteiger partial charge in [0.1, 0.15) is 0 Å². The molecule has 3 rings (SSSR count). The van der Waals surface area contributed by atoms with Gasteiger partial charge in [-0.15, -0.1) is 0 Å². The van der Waals surface area contributed by atoms with E-state index >= 15 is 0 Å². The van der Waals surface area contributed by atoms with E-state index in [1.165, 1.54) is 21.7 Å². The van der Waals surface area contributed by atoms with E-state index in [2.05, 4.69) is 37.4 Å². The normalized spacial score (nSPS) is 11.3. The molecule has 0 heterocycles. The second-order valence-corrected chi connectivity index (χ2v) is 10.2. The highest BCUT2D eigenvalue weighted by Crippen LogP contribution is 2.22. The molecule has 0 aliphatic rings. The summed E-state index contributed by atoms with van der Waals surface area (Å²) in [4.78, 5) is 12.7. The number of nitrogens with one attached hydrogen (secondary N) is 1. The van der Waals surface area contributed by atoms with Crippen molar-refractivity contribution in [3.8, 4) is 0 Å². The maximum Gasteiger partial charge on any atom is 0.251 e. The molecule has 0 fully saturated rings. The molecule has 3 aromatic rings. The molecule has 33 heavy (non-hydrogen) atoms. The average molecular weight is 465 g/mol. The van der Waals surface area contributed by atoms with Crippen LogP contribution in [0.25, 0.3) is 0 Å². The van der Waals surface area contributed by atoms with Crippen molar-refractivity contribution in [1.82, 2.24) is 5.32 Å². The van der Waals surface area contributed by atoms with Gasteiger partial charge in [0.2, 0.25) is 10.0 Å². The second kappa shape index (κ2) is 10.7. The Labute approximate surface area is 197 Å². The molecular weight excluding hydrogens is 432 g/mol. The third-order valence-corrected chi connectivity index (χ3v) is 6.87. The SMILES string of the molecule is CCc1ccc(CC)c(CNC(=O)c2ccc(CN(c3cccc(C)c3)S(C)(=O)=O)cc2)c1. The fraction of sp³-hybridized carbons (Fsp3) is 0.296. The highest BCUT2D eigenvalue weighted by atomic mass is 32.2. The van der Waals surface area contributed by atoms with E-state index in [9.17, 15) is 13.2 Å². The summed E-state index contributed by atoms with van der Waals surface area (Å²) in [6.45, 7) is 6.84. The van der Waals surface area contributed by atoms with E-state index in [0.717, 1.165) is 29.5 Å². The minimum Gasteiger partial charge on any atom is -0.348 e. The van der Waals surface area contributed by atoms with Crippen LogP contribution in [0.3, 0.4) is 0 Å². The zero-order chi connectivity index (χ0) is 24.0. The van der Waals surface area contributed by atoms with Crippen molar-refractivity contribution in [1.29, 1.82) is 0 Å². The first-order valence-electron chi connectivity index (χ1n) is 11.2. The zero-order valence-corrected chi connectivity index (χ0v) is 20.6. The Morgan fingerprint density at radius 2 is 1.58 bits per heavy atom. The van der Waals surface area contributed by atoms with Crippen molar-refractivity contribution >= 4 is 21.6 Å². The summed E-state index contributed by atoms with van der Waals surface area (Å²) in [5.74, 6) is -0.149. The molecule has 1 N–H and O–H groups in total. The standard InChI is InChI=1S/C27H32N2O3S/c1-5-21-10-13-23(6-2)25(17-21)18-28-27(30)24-14-11-22(12-15-24)19-29(33(4,31)32)26-9-7-8-20(3)16-26/h7-17H,5-6,18-19H2,1-4H3,(H,28,30). The first kappa shape index (κ1) is 24.5. The Hall–Kier alpha value is -3.12. The van der Waals surface area contributed by atoms with Gasteiger partial charge in [-0.25, -0.2) is 8.42 Å². The lowest BCUT2D eigenvalue weighted by atomic mass is 10.0. The number of anilines is 1. The van der Waals surface area contributed by atoms with Crippen LogP contribution in [0.1, 0.15) is 52.0 Å². The quantitative estimate of drug-likeness (QED) is 0.484. The summed E-state index contributed by atoms with van der Waals surface area (Å²) in [6.07, 6.45) is 3.08. The molecule has 0 saturated heterocycles. The smallest absolute Gasteiger partial charge is 0.251 e. The molecule has 0 atom stereocenters. The van der Waals surface area contributed by atoms with Crippen LogP contribution < -0.4 is 9.62 Å². The van der Waals surface area contributed by atoms with Crippen LogP contribution in [0.15, 0.2) is 66.7 Å². The molecule has 0 bridgehead atoms. The number of benzene rings is 3. The minimum atomic E-state index is -3.46. The lowest BCUT2D eigenvalue weighted by Gasteiger charge is -2.23. The van der Waals surface area contributed by atoms with E-state index < -0.39 is 10.0 Å². The van der Waals surface area contributed by atoms with Gasteiger partial charge in [-0.2, -0.15) is 0 Å². The lowest BCUT2D eigenvalue weighted by Crippen LogP contribution is -2.29. The van der Waals surface area contributed by atoms with Gasteiger partial charge >= 0.3 is 0 Å². The number of rotatable bonds is 9. The topological polar surface area (TPSA) is 66.5 Å². The van der Waals surface area contributed by atoms with E-state index in [4.69, 9.17) is 0 Å². The molecule has 0 saturated carbocycles. The van der Waals surface area contributed by atoms with E-state index in [0.29, 0.717) is 17.8 Å². The van der Waals surface area contributed by atoms with Crippen LogP contribution in [0, 0.1) is 6.92 Å². The van der Waals surface area contributed by atoms with Crippen LogP contribution in [0.2, 0.25) is 0 Å². The van der Waals surface area contributed by atoms with Crippen LogP contribution in [-0.4, -0.2) is 20.6 Å². The van der Waals surface area contributed by atoms with Gasteiger partial charge in [0, 0.05) is 12.1 Å². The number of sulfonamides is 1. The predicted octanol–water partition coefficient (Wildman–Crippen LogP) is 5.02. The molecule has 0 spiro atoms. The monoisotopic (exact) mass is 464 g/mol. The first-order valence-corrected chi connectivity index (χ1v) is 13.1. The Morgan fingerprint density at radius 1 is 0.879 bits per heavy atom. The summed E-state index contributed by atoms with van der Waals surface area (Å²) in [5, 5.41) is 3.01. The van der Waals surface area contributed by atoms with Gasteiger partial charge in [0.05, 0.1) is 18.5 Å². The molecular formula is C27H32N2O3S. The molecule has 6 heteroatoms. The zero-order valence-electron chi connectivity index (χ0n) is 19.8. The van der Waals surface area contributed by atoms with Gasteiger partial charge in [-0.3, -0.25) is 9.10 Å². The summed E-state index contributed by atoms with van der Waals surface area (Å²) < 4.78 is 26.2. The molecule has 5 nitrogen and oxygen atoms in total. The fourth-order valence-electron chi connectivity index (χ4n) is 3.80. The number of hydrogen-bond acceptors (Lipinski definition) is 3. The first-order chi connectivity index (χ1) is 15.7. The van der Waals surface area contributed by atoms with Gasteiger partial charge in [-0.05, 0) is 71.8 Å². The summed E-state index contributed by atoms with van der Waals surface area (Å²) in [6, 6.07) is 20.9. The largest absolute Gasteiger partial charge is 0.348 e. The molecule has 0 aliphatic carbocycles. The highest BCUT2D eigenvalue weighted by Gasteiger charge is 2.18. The Balaban J connectivity index is 1.71. The molecule has 1 amide bonds. The fourth-order valence-corrected chi connectivity index (χ4v) is 4.68. The van der Waals surface area contributed by atoms with Crippen LogP contribution in [0.5, 0.6) is 0 Å². The predicted molar refractivity (Wildman–Crippen MR) is 135 cm³/mol. The van der Waals surface area contributed by atoms with Gasteiger partial charge in [0.15, 0.2) is 0 Å². The highest BCUT2D eigenvalue weighted by molar-refractivity contribution is 7.92. The molecule has 0 aromatic heterocycles. The van der Waals surface area contributed by atoms with Gasteiger partial charge < -0.3 is 5.32 Å². The van der Waals surface area contributed by atoms with Crippen LogP contribution >= 0.6 is 0 Å². The second-order valence-electron chi connectivity index (χ2n) is 8.30. The maximum atomic E-state index is 12.7. The average Bonchev–Trinajstić information content (AvgIpc) is 2.80. The summed E-state index contributed by atoms with van der Waals surface area (Å²) >= 11 is 0. The van der Waals surface area contributed by atoms with Gasteiger partial charge in [-0.1, -0.05) is 56.3 Å². The number of carbonyl (C=O) groups is 1. The molecule has 174 valence electrons. The van der Waals surface area contributed by atoms with E-state index in [1.807, 2.05) is 25.1 Å².